The highest BCUT2D eigenvalue weighted by Gasteiger charge is 2.01. The quantitative estimate of drug-likeness (QED) is 0.193. The summed E-state index contributed by atoms with van der Waals surface area (Å²) in [6, 6.07) is 0. The van der Waals surface area contributed by atoms with Gasteiger partial charge in [0.05, 0.1) is 6.26 Å². The van der Waals surface area contributed by atoms with Gasteiger partial charge in [-0.2, -0.15) is 0 Å². The Bertz CT molecular complexity index is 204. The van der Waals surface area contributed by atoms with Crippen LogP contribution in [0, 0.1) is 0 Å². The Kier molecular flexibility index (Phi) is 17.1. The second-order valence-corrected chi connectivity index (χ2v) is 6.14. The van der Waals surface area contributed by atoms with E-state index in [4.69, 9.17) is 4.74 Å². The maximum Gasteiger partial charge on any atom is 0.196 e. The second kappa shape index (κ2) is 17.6. The molecule has 0 aliphatic carbocycles. The van der Waals surface area contributed by atoms with Crippen molar-refractivity contribution in [2.45, 2.75) is 110 Å². The molecule has 0 radical (unpaired) electrons. The number of hydrogen-bond donors (Lipinski definition) is 1. The maximum absolute atomic E-state index is 9.35. The molecule has 0 bridgehead atoms. The van der Waals surface area contributed by atoms with Crippen molar-refractivity contribution in [2.24, 2.45) is 0 Å². The molecular weight excluding hydrogens is 260 g/mol. The summed E-state index contributed by atoms with van der Waals surface area (Å²) in [4.78, 5) is 0. The average molecular weight is 299 g/mol. The molecule has 1 atom stereocenters. The molecule has 0 amide bonds. The Morgan fingerprint density at radius 1 is 0.762 bits per heavy atom. The molecule has 2 nitrogen and oxygen atoms in total. The molecule has 0 rings (SSSR count). The van der Waals surface area contributed by atoms with E-state index in [1.54, 1.807) is 0 Å². The molecule has 1 unspecified atom stereocenters. The van der Waals surface area contributed by atoms with Crippen molar-refractivity contribution in [3.05, 3.63) is 12.8 Å². The lowest BCUT2D eigenvalue weighted by Crippen LogP contribution is -2.07. The summed E-state index contributed by atoms with van der Waals surface area (Å²) < 4.78 is 4.87. The number of aliphatic hydroxyl groups is 1. The van der Waals surface area contributed by atoms with Gasteiger partial charge in [-0.15, -0.1) is 0 Å². The summed E-state index contributed by atoms with van der Waals surface area (Å²) in [6.45, 7) is 5.71. The molecule has 21 heavy (non-hydrogen) atoms. The lowest BCUT2D eigenvalue weighted by molar-refractivity contribution is -0.0569. The number of unbranched alkanes of at least 4 members (excludes halogenated alkanes) is 13. The van der Waals surface area contributed by atoms with Crippen molar-refractivity contribution < 1.29 is 9.84 Å². The molecule has 0 spiro atoms. The molecule has 0 heterocycles. The van der Waals surface area contributed by atoms with Gasteiger partial charge in [-0.05, 0) is 6.42 Å². The van der Waals surface area contributed by atoms with Crippen LogP contribution in [0.15, 0.2) is 12.8 Å². The first kappa shape index (κ1) is 20.5. The van der Waals surface area contributed by atoms with E-state index in [1.165, 1.54) is 89.7 Å². The first-order chi connectivity index (χ1) is 10.3. The van der Waals surface area contributed by atoms with Crippen LogP contribution in [0.2, 0.25) is 0 Å². The van der Waals surface area contributed by atoms with Gasteiger partial charge in [0, 0.05) is 6.42 Å². The third-order valence-electron chi connectivity index (χ3n) is 4.06. The molecule has 0 saturated carbocycles. The van der Waals surface area contributed by atoms with Crippen molar-refractivity contribution in [1.82, 2.24) is 0 Å². The number of ether oxygens (including phenoxy) is 1. The fraction of sp³-hybridized carbons (Fsp3) is 0.895. The van der Waals surface area contributed by atoms with E-state index < -0.39 is 6.29 Å². The highest BCUT2D eigenvalue weighted by atomic mass is 16.6. The summed E-state index contributed by atoms with van der Waals surface area (Å²) in [7, 11) is 0. The van der Waals surface area contributed by atoms with E-state index in [2.05, 4.69) is 13.5 Å². The van der Waals surface area contributed by atoms with Gasteiger partial charge in [0.1, 0.15) is 0 Å². The Balaban J connectivity index is 3.01. The van der Waals surface area contributed by atoms with Gasteiger partial charge in [0.15, 0.2) is 6.29 Å². The van der Waals surface area contributed by atoms with E-state index in [0.29, 0.717) is 0 Å². The van der Waals surface area contributed by atoms with Gasteiger partial charge >= 0.3 is 0 Å². The lowest BCUT2D eigenvalue weighted by atomic mass is 10.0. The van der Waals surface area contributed by atoms with Crippen LogP contribution < -0.4 is 0 Å². The minimum atomic E-state index is -0.653. The van der Waals surface area contributed by atoms with Crippen molar-refractivity contribution >= 4 is 0 Å². The average Bonchev–Trinajstić information content (AvgIpc) is 2.48. The molecule has 0 aromatic heterocycles. The topological polar surface area (TPSA) is 29.5 Å². The van der Waals surface area contributed by atoms with Crippen molar-refractivity contribution in [3.8, 4) is 0 Å². The molecule has 2 heteroatoms. The van der Waals surface area contributed by atoms with Gasteiger partial charge in [-0.3, -0.25) is 0 Å². The van der Waals surface area contributed by atoms with Crippen molar-refractivity contribution in [3.63, 3.8) is 0 Å². The first-order valence-corrected chi connectivity index (χ1v) is 9.25. The molecule has 0 saturated heterocycles. The second-order valence-electron chi connectivity index (χ2n) is 6.14. The van der Waals surface area contributed by atoms with Gasteiger partial charge < -0.3 is 9.84 Å². The molecule has 0 aromatic carbocycles. The van der Waals surface area contributed by atoms with Crippen LogP contribution in [-0.2, 0) is 4.74 Å². The molecular formula is C19H38O2. The maximum atomic E-state index is 9.35. The zero-order chi connectivity index (χ0) is 15.6. The Morgan fingerprint density at radius 2 is 1.14 bits per heavy atom. The SMILES string of the molecule is C=COC(O)CCCCCCCCCCCCCCCC. The summed E-state index contributed by atoms with van der Waals surface area (Å²) in [5.74, 6) is 0. The van der Waals surface area contributed by atoms with Crippen molar-refractivity contribution in [1.29, 1.82) is 0 Å². The number of hydrogen-bond acceptors (Lipinski definition) is 2. The van der Waals surface area contributed by atoms with Crippen LogP contribution in [0.5, 0.6) is 0 Å². The summed E-state index contributed by atoms with van der Waals surface area (Å²) in [5.41, 5.74) is 0. The van der Waals surface area contributed by atoms with Gasteiger partial charge in [0.2, 0.25) is 0 Å². The summed E-state index contributed by atoms with van der Waals surface area (Å²) in [6.07, 6.45) is 20.4. The zero-order valence-corrected chi connectivity index (χ0v) is 14.3. The number of aliphatic hydroxyl groups excluding tert-OH is 1. The third-order valence-corrected chi connectivity index (χ3v) is 4.06. The standard InChI is InChI=1S/C19H38O2/c1-3-5-6-7-8-9-10-11-12-13-14-15-16-17-18-19(20)21-4-2/h4,19-20H,2-3,5-18H2,1H3. The predicted octanol–water partition coefficient (Wildman–Crippen LogP) is 6.34. The van der Waals surface area contributed by atoms with Crippen LogP contribution in [0.3, 0.4) is 0 Å². The molecule has 1 N–H and O–H groups in total. The van der Waals surface area contributed by atoms with Gasteiger partial charge in [0.25, 0.3) is 0 Å². The molecule has 0 fully saturated rings. The van der Waals surface area contributed by atoms with Crippen LogP contribution >= 0.6 is 0 Å². The molecule has 126 valence electrons. The third kappa shape index (κ3) is 17.4. The van der Waals surface area contributed by atoms with Crippen LogP contribution in [0.4, 0.5) is 0 Å². The van der Waals surface area contributed by atoms with Gasteiger partial charge in [-0.25, -0.2) is 0 Å². The normalized spacial score (nSPS) is 12.3. The van der Waals surface area contributed by atoms with E-state index in [0.717, 1.165) is 12.8 Å². The fourth-order valence-electron chi connectivity index (χ4n) is 2.69. The Morgan fingerprint density at radius 3 is 1.52 bits per heavy atom. The summed E-state index contributed by atoms with van der Waals surface area (Å²) in [5, 5.41) is 9.35. The van der Waals surface area contributed by atoms with Gasteiger partial charge in [-0.1, -0.05) is 97.0 Å². The molecule has 0 aliphatic heterocycles. The van der Waals surface area contributed by atoms with Crippen LogP contribution in [0.25, 0.3) is 0 Å². The lowest BCUT2D eigenvalue weighted by Gasteiger charge is -2.09. The predicted molar refractivity (Wildman–Crippen MR) is 92.2 cm³/mol. The minimum absolute atomic E-state index is 0.653. The molecule has 0 aromatic rings. The van der Waals surface area contributed by atoms with Crippen LogP contribution in [0.1, 0.15) is 103 Å². The molecule has 0 aliphatic rings. The van der Waals surface area contributed by atoms with E-state index in [-0.39, 0.29) is 0 Å². The van der Waals surface area contributed by atoms with E-state index in [1.807, 2.05) is 0 Å². The monoisotopic (exact) mass is 298 g/mol. The fourth-order valence-corrected chi connectivity index (χ4v) is 2.69. The van der Waals surface area contributed by atoms with E-state index in [9.17, 15) is 5.11 Å². The van der Waals surface area contributed by atoms with Crippen LogP contribution in [-0.4, -0.2) is 11.4 Å². The highest BCUT2D eigenvalue weighted by molar-refractivity contribution is 4.54. The zero-order valence-electron chi connectivity index (χ0n) is 14.3. The number of rotatable bonds is 17. The minimum Gasteiger partial charge on any atom is -0.473 e. The van der Waals surface area contributed by atoms with Crippen molar-refractivity contribution in [2.75, 3.05) is 0 Å². The summed E-state index contributed by atoms with van der Waals surface area (Å²) >= 11 is 0. The van der Waals surface area contributed by atoms with E-state index >= 15 is 0 Å². The largest absolute Gasteiger partial charge is 0.473 e. The Hall–Kier alpha value is -0.500. The smallest absolute Gasteiger partial charge is 0.196 e. The highest BCUT2D eigenvalue weighted by Crippen LogP contribution is 2.13. The Labute approximate surface area is 133 Å². The first-order valence-electron chi connectivity index (χ1n) is 9.25.